The molecule has 0 amide bonds. The molecule has 2 heterocycles. The van der Waals surface area contributed by atoms with Gasteiger partial charge in [0.25, 0.3) is 3.79 Å². The summed E-state index contributed by atoms with van der Waals surface area (Å²) in [5.41, 5.74) is 1.86. The summed E-state index contributed by atoms with van der Waals surface area (Å²) < 4.78 is -1.95. The normalized spacial score (nSPS) is 12.0. The number of nitrogens with zero attached hydrogens (tertiary/aromatic N) is 1. The Hall–Kier alpha value is -0.770. The lowest BCUT2D eigenvalue weighted by Crippen LogP contribution is -2.18. The molecular formula is C10H7Cl3N2O. The van der Waals surface area contributed by atoms with Crippen LogP contribution in [-0.2, 0) is 0 Å². The molecule has 3 nitrogen and oxygen atoms in total. The third-order valence-electron chi connectivity index (χ3n) is 2.28. The number of ketones is 1. The van der Waals surface area contributed by atoms with E-state index >= 15 is 0 Å². The number of rotatable bonds is 1. The molecule has 2 aromatic rings. The van der Waals surface area contributed by atoms with Crippen molar-refractivity contribution in [1.29, 1.82) is 0 Å². The molecule has 0 aliphatic heterocycles. The molecule has 0 unspecified atom stereocenters. The lowest BCUT2D eigenvalue weighted by molar-refractivity contribution is 0.0998. The first-order valence-corrected chi connectivity index (χ1v) is 5.59. The summed E-state index contributed by atoms with van der Waals surface area (Å²) in [6, 6.07) is 1.80. The number of hydrogen-bond donors (Lipinski definition) is 1. The molecule has 0 aromatic carbocycles. The van der Waals surface area contributed by atoms with Crippen molar-refractivity contribution < 1.29 is 4.79 Å². The minimum absolute atomic E-state index is 0.348. The van der Waals surface area contributed by atoms with Crippen LogP contribution in [-0.4, -0.2) is 19.5 Å². The first-order chi connectivity index (χ1) is 7.41. The van der Waals surface area contributed by atoms with Crippen molar-refractivity contribution in [3.05, 3.63) is 29.6 Å². The number of alkyl halides is 3. The van der Waals surface area contributed by atoms with Crippen molar-refractivity contribution in [1.82, 2.24) is 9.97 Å². The van der Waals surface area contributed by atoms with E-state index in [-0.39, 0.29) is 0 Å². The van der Waals surface area contributed by atoms with Crippen LogP contribution < -0.4 is 0 Å². The molecule has 0 radical (unpaired) electrons. The Morgan fingerprint density at radius 2 is 2.12 bits per heavy atom. The number of halogens is 3. The summed E-state index contributed by atoms with van der Waals surface area (Å²) in [4.78, 5) is 18.8. The Labute approximate surface area is 107 Å². The van der Waals surface area contributed by atoms with Gasteiger partial charge in [0.2, 0.25) is 5.78 Å². The van der Waals surface area contributed by atoms with Gasteiger partial charge in [-0.2, -0.15) is 0 Å². The SMILES string of the molecule is Cc1ccnc2[nH]cc(C(=O)C(Cl)(Cl)Cl)c12. The maximum atomic E-state index is 11.8. The van der Waals surface area contributed by atoms with E-state index in [1.54, 1.807) is 12.3 Å². The number of pyridine rings is 1. The highest BCUT2D eigenvalue weighted by atomic mass is 35.6. The molecule has 0 saturated heterocycles. The summed E-state index contributed by atoms with van der Waals surface area (Å²) in [5, 5.41) is 0.693. The van der Waals surface area contributed by atoms with Crippen LogP contribution in [0.3, 0.4) is 0 Å². The van der Waals surface area contributed by atoms with Gasteiger partial charge in [-0.05, 0) is 18.6 Å². The molecule has 2 aromatic heterocycles. The van der Waals surface area contributed by atoms with Gasteiger partial charge in [0.05, 0.1) is 0 Å². The third-order valence-corrected chi connectivity index (χ3v) is 2.80. The van der Waals surface area contributed by atoms with Crippen molar-refractivity contribution in [3.63, 3.8) is 0 Å². The Kier molecular flexibility index (Phi) is 2.86. The van der Waals surface area contributed by atoms with Crippen LogP contribution in [0.2, 0.25) is 0 Å². The zero-order valence-electron chi connectivity index (χ0n) is 8.22. The number of fused-ring (bicyclic) bond motifs is 1. The molecule has 0 saturated carbocycles. The number of aryl methyl sites for hydroxylation is 1. The number of H-pyrrole nitrogens is 1. The predicted octanol–water partition coefficient (Wildman–Crippen LogP) is 3.42. The number of nitrogens with one attached hydrogen (secondary N) is 1. The van der Waals surface area contributed by atoms with E-state index in [0.29, 0.717) is 16.6 Å². The Morgan fingerprint density at radius 3 is 2.75 bits per heavy atom. The molecule has 0 spiro atoms. The van der Waals surface area contributed by atoms with Crippen LogP contribution in [0.5, 0.6) is 0 Å². The fourth-order valence-electron chi connectivity index (χ4n) is 1.55. The fraction of sp³-hybridized carbons (Fsp3) is 0.200. The standard InChI is InChI=1S/C10H7Cl3N2O/c1-5-2-3-14-9-7(5)6(4-15-9)8(16)10(11,12)13/h2-4H,1H3,(H,14,15). The largest absolute Gasteiger partial charge is 0.345 e. The first-order valence-electron chi connectivity index (χ1n) is 4.45. The summed E-state index contributed by atoms with van der Waals surface area (Å²) >= 11 is 16.7. The quantitative estimate of drug-likeness (QED) is 0.641. The lowest BCUT2D eigenvalue weighted by Gasteiger charge is -2.08. The predicted molar refractivity (Wildman–Crippen MR) is 65.5 cm³/mol. The van der Waals surface area contributed by atoms with Gasteiger partial charge in [0, 0.05) is 23.3 Å². The van der Waals surface area contributed by atoms with Gasteiger partial charge in [-0.15, -0.1) is 0 Å². The second kappa shape index (κ2) is 3.91. The van der Waals surface area contributed by atoms with Gasteiger partial charge in [0.1, 0.15) is 5.65 Å². The van der Waals surface area contributed by atoms with Gasteiger partial charge < -0.3 is 4.98 Å². The monoisotopic (exact) mass is 276 g/mol. The van der Waals surface area contributed by atoms with Crippen LogP contribution in [0.15, 0.2) is 18.5 Å². The van der Waals surface area contributed by atoms with Gasteiger partial charge >= 0.3 is 0 Å². The molecule has 16 heavy (non-hydrogen) atoms. The van der Waals surface area contributed by atoms with Gasteiger partial charge in [0.15, 0.2) is 0 Å². The Morgan fingerprint density at radius 1 is 1.44 bits per heavy atom. The van der Waals surface area contributed by atoms with Crippen LogP contribution in [0.1, 0.15) is 15.9 Å². The van der Waals surface area contributed by atoms with E-state index in [4.69, 9.17) is 34.8 Å². The molecule has 6 heteroatoms. The highest BCUT2D eigenvalue weighted by molar-refractivity contribution is 6.77. The smallest absolute Gasteiger partial charge is 0.253 e. The number of Topliss-reactive ketones (excluding diaryl/α,β-unsaturated/α-hetero) is 1. The minimum atomic E-state index is -1.95. The van der Waals surface area contributed by atoms with Crippen LogP contribution in [0.4, 0.5) is 0 Å². The van der Waals surface area contributed by atoms with E-state index < -0.39 is 9.58 Å². The zero-order valence-corrected chi connectivity index (χ0v) is 10.5. The molecular weight excluding hydrogens is 270 g/mol. The van der Waals surface area contributed by atoms with Crippen molar-refractivity contribution >= 4 is 51.6 Å². The summed E-state index contributed by atoms with van der Waals surface area (Å²) in [6.45, 7) is 1.87. The van der Waals surface area contributed by atoms with E-state index in [9.17, 15) is 4.79 Å². The van der Waals surface area contributed by atoms with E-state index in [2.05, 4.69) is 9.97 Å². The van der Waals surface area contributed by atoms with Crippen molar-refractivity contribution in [3.8, 4) is 0 Å². The number of carbonyl (C=O) groups is 1. The maximum Gasteiger partial charge on any atom is 0.253 e. The highest BCUT2D eigenvalue weighted by Gasteiger charge is 2.33. The van der Waals surface area contributed by atoms with E-state index in [0.717, 1.165) is 5.56 Å². The summed E-state index contributed by atoms with van der Waals surface area (Å²) in [6.07, 6.45) is 3.16. The number of hydrogen-bond acceptors (Lipinski definition) is 2. The maximum absolute atomic E-state index is 11.8. The topological polar surface area (TPSA) is 45.8 Å². The average Bonchev–Trinajstić information content (AvgIpc) is 2.60. The second-order valence-electron chi connectivity index (χ2n) is 3.38. The first kappa shape index (κ1) is 11.7. The summed E-state index contributed by atoms with van der Waals surface area (Å²) in [7, 11) is 0. The van der Waals surface area contributed by atoms with Gasteiger partial charge in [-0.25, -0.2) is 4.98 Å². The van der Waals surface area contributed by atoms with Crippen LogP contribution in [0, 0.1) is 6.92 Å². The molecule has 84 valence electrons. The molecule has 0 fully saturated rings. The molecule has 2 rings (SSSR count). The second-order valence-corrected chi connectivity index (χ2v) is 5.66. The van der Waals surface area contributed by atoms with Crippen molar-refractivity contribution in [2.45, 2.75) is 10.7 Å². The van der Waals surface area contributed by atoms with E-state index in [1.165, 1.54) is 6.20 Å². The Balaban J connectivity index is 2.67. The molecule has 1 N–H and O–H groups in total. The molecule has 0 aliphatic rings. The Bertz CT molecular complexity index is 557. The highest BCUT2D eigenvalue weighted by Crippen LogP contribution is 2.33. The molecule has 0 bridgehead atoms. The zero-order chi connectivity index (χ0) is 11.9. The van der Waals surface area contributed by atoms with E-state index in [1.807, 2.05) is 6.92 Å². The lowest BCUT2D eigenvalue weighted by atomic mass is 10.1. The molecule has 0 atom stereocenters. The fourth-order valence-corrected chi connectivity index (χ4v) is 1.86. The van der Waals surface area contributed by atoms with Gasteiger partial charge in [-0.3, -0.25) is 4.79 Å². The molecule has 0 aliphatic carbocycles. The third kappa shape index (κ3) is 1.90. The van der Waals surface area contributed by atoms with Crippen molar-refractivity contribution in [2.24, 2.45) is 0 Å². The number of carbonyl (C=O) groups excluding carboxylic acids is 1. The number of aromatic amines is 1. The van der Waals surface area contributed by atoms with Crippen LogP contribution >= 0.6 is 34.8 Å². The number of aromatic nitrogens is 2. The summed E-state index contributed by atoms with van der Waals surface area (Å²) in [5.74, 6) is -0.556. The van der Waals surface area contributed by atoms with Crippen LogP contribution in [0.25, 0.3) is 11.0 Å². The average molecular weight is 278 g/mol. The van der Waals surface area contributed by atoms with Gasteiger partial charge in [-0.1, -0.05) is 34.8 Å². The minimum Gasteiger partial charge on any atom is -0.345 e. The van der Waals surface area contributed by atoms with Crippen molar-refractivity contribution in [2.75, 3.05) is 0 Å².